The van der Waals surface area contributed by atoms with Gasteiger partial charge in [0, 0.05) is 23.9 Å². The van der Waals surface area contributed by atoms with Crippen molar-refractivity contribution in [2.75, 3.05) is 32.8 Å². The van der Waals surface area contributed by atoms with E-state index in [1.807, 2.05) is 0 Å². The molecule has 0 saturated carbocycles. The zero-order valence-corrected chi connectivity index (χ0v) is 20.0. The van der Waals surface area contributed by atoms with Crippen LogP contribution in [0.5, 0.6) is 11.8 Å². The minimum absolute atomic E-state index is 0.0274. The molecule has 0 saturated heterocycles. The summed E-state index contributed by atoms with van der Waals surface area (Å²) >= 11 is 0. The minimum Gasteiger partial charge on any atom is -0.497 e. The third-order valence-corrected chi connectivity index (χ3v) is 5.28. The van der Waals surface area contributed by atoms with E-state index in [0.29, 0.717) is 34.9 Å². The van der Waals surface area contributed by atoms with Crippen molar-refractivity contribution in [1.82, 2.24) is 14.8 Å². The van der Waals surface area contributed by atoms with Crippen LogP contribution in [0, 0.1) is 0 Å². The first-order valence-electron chi connectivity index (χ1n) is 11.1. The van der Waals surface area contributed by atoms with Gasteiger partial charge >= 0.3 is 12.2 Å². The quantitative estimate of drug-likeness (QED) is 0.309. The number of amides is 1. The van der Waals surface area contributed by atoms with Crippen LogP contribution < -0.4 is 14.8 Å². The van der Waals surface area contributed by atoms with Gasteiger partial charge in [0.05, 0.1) is 25.0 Å². The second-order valence-electron chi connectivity index (χ2n) is 7.78. The van der Waals surface area contributed by atoms with Crippen LogP contribution in [-0.2, 0) is 10.9 Å². The number of nitrogens with one attached hydrogen (secondary N) is 1. The second-order valence-corrected chi connectivity index (χ2v) is 7.78. The van der Waals surface area contributed by atoms with Gasteiger partial charge < -0.3 is 19.5 Å². The Kier molecular flexibility index (Phi) is 7.73. The Labute approximate surface area is 210 Å². The minimum atomic E-state index is -4.46. The third-order valence-electron chi connectivity index (χ3n) is 5.28. The number of benzene rings is 3. The van der Waals surface area contributed by atoms with Gasteiger partial charge in [-0.1, -0.05) is 18.2 Å². The van der Waals surface area contributed by atoms with Crippen LogP contribution in [0.25, 0.3) is 17.1 Å². The molecule has 0 aliphatic carbocycles. The highest BCUT2D eigenvalue weighted by Gasteiger charge is 2.30. The fourth-order valence-corrected chi connectivity index (χ4v) is 3.41. The first-order valence-corrected chi connectivity index (χ1v) is 11.1. The molecular formula is C26H23F3N4O4. The lowest BCUT2D eigenvalue weighted by Crippen LogP contribution is -2.12. The zero-order chi connectivity index (χ0) is 26.4. The van der Waals surface area contributed by atoms with Gasteiger partial charge in [-0.2, -0.15) is 18.2 Å². The third kappa shape index (κ3) is 6.25. The molecule has 1 aromatic heterocycles. The first-order chi connectivity index (χ1) is 17.8. The molecule has 37 heavy (non-hydrogen) atoms. The first kappa shape index (κ1) is 25.7. The molecule has 1 heterocycles. The number of alkyl halides is 3. The van der Waals surface area contributed by atoms with Crippen LogP contribution in [0.15, 0.2) is 72.8 Å². The summed E-state index contributed by atoms with van der Waals surface area (Å²) in [4.78, 5) is 17.1. The number of rotatable bonds is 9. The van der Waals surface area contributed by atoms with Gasteiger partial charge in [0.2, 0.25) is 0 Å². The highest BCUT2D eigenvalue weighted by Crippen LogP contribution is 2.32. The molecule has 0 aliphatic rings. The molecule has 8 nitrogen and oxygen atoms in total. The molecule has 4 aromatic rings. The molecule has 0 spiro atoms. The molecule has 11 heteroatoms. The van der Waals surface area contributed by atoms with Crippen LogP contribution in [0.3, 0.4) is 0 Å². The lowest BCUT2D eigenvalue weighted by molar-refractivity contribution is -0.137. The van der Waals surface area contributed by atoms with E-state index in [0.717, 1.165) is 12.1 Å². The molecule has 0 atom stereocenters. The topological polar surface area (TPSA) is 87.5 Å². The standard InChI is InChI=1S/C26H23F3N4O4/c1-35-14-15-37-25-31-23(17-6-10-19(11-7-17)26(27,28)29)33(32-25)21-5-3-4-20(16-21)30-24(34)18-8-12-22(36-2)13-9-18/h3-13,16H,14-15H2,1-2H3,(H,30,34). The maximum Gasteiger partial charge on any atom is 0.416 e. The van der Waals surface area contributed by atoms with Crippen molar-refractivity contribution in [3.63, 3.8) is 0 Å². The maximum absolute atomic E-state index is 13.0. The van der Waals surface area contributed by atoms with Crippen LogP contribution in [0.1, 0.15) is 15.9 Å². The SMILES string of the molecule is COCCOc1nc(-c2ccc(C(F)(F)F)cc2)n(-c2cccc(NC(=O)c3ccc(OC)cc3)c2)n1. The van der Waals surface area contributed by atoms with Gasteiger partial charge in [-0.05, 0) is 54.6 Å². The number of methoxy groups -OCH3 is 2. The summed E-state index contributed by atoms with van der Waals surface area (Å²) in [7, 11) is 3.06. The smallest absolute Gasteiger partial charge is 0.416 e. The Morgan fingerprint density at radius 2 is 1.70 bits per heavy atom. The lowest BCUT2D eigenvalue weighted by atomic mass is 10.1. The normalized spacial score (nSPS) is 11.3. The molecule has 4 rings (SSSR count). The molecule has 3 aromatic carbocycles. The van der Waals surface area contributed by atoms with Gasteiger partial charge in [0.25, 0.3) is 5.91 Å². The van der Waals surface area contributed by atoms with Crippen molar-refractivity contribution in [1.29, 1.82) is 0 Å². The number of hydrogen-bond donors (Lipinski definition) is 1. The van der Waals surface area contributed by atoms with Crippen LogP contribution in [-0.4, -0.2) is 48.1 Å². The van der Waals surface area contributed by atoms with Crippen molar-refractivity contribution >= 4 is 11.6 Å². The largest absolute Gasteiger partial charge is 0.497 e. The fraction of sp³-hybridized carbons (Fsp3) is 0.192. The molecule has 0 bridgehead atoms. The number of nitrogens with zero attached hydrogens (tertiary/aromatic N) is 3. The number of carbonyl (C=O) groups excluding carboxylic acids is 1. The number of ether oxygens (including phenoxy) is 3. The van der Waals surface area contributed by atoms with E-state index in [2.05, 4.69) is 15.4 Å². The summed E-state index contributed by atoms with van der Waals surface area (Å²) in [6.45, 7) is 0.488. The average Bonchev–Trinajstić information content (AvgIpc) is 3.33. The number of carbonyl (C=O) groups is 1. The summed E-state index contributed by atoms with van der Waals surface area (Å²) in [5, 5.41) is 7.20. The van der Waals surface area contributed by atoms with Gasteiger partial charge in [-0.15, -0.1) is 5.10 Å². The van der Waals surface area contributed by atoms with Crippen LogP contribution >= 0.6 is 0 Å². The Bertz CT molecular complexity index is 1350. The van der Waals surface area contributed by atoms with Crippen molar-refractivity contribution in [3.05, 3.63) is 83.9 Å². The lowest BCUT2D eigenvalue weighted by Gasteiger charge is -2.10. The second kappa shape index (κ2) is 11.1. The molecule has 0 aliphatic heterocycles. The molecular weight excluding hydrogens is 489 g/mol. The van der Waals surface area contributed by atoms with E-state index >= 15 is 0 Å². The Hall–Kier alpha value is -4.38. The molecule has 1 N–H and O–H groups in total. The van der Waals surface area contributed by atoms with Crippen molar-refractivity contribution in [2.24, 2.45) is 0 Å². The summed E-state index contributed by atoms with van der Waals surface area (Å²) in [5.74, 6) is 0.564. The summed E-state index contributed by atoms with van der Waals surface area (Å²) in [6, 6.07) is 18.1. The molecule has 1 amide bonds. The number of halogens is 3. The van der Waals surface area contributed by atoms with Gasteiger partial charge in [0.1, 0.15) is 12.4 Å². The maximum atomic E-state index is 13.0. The van der Waals surface area contributed by atoms with Crippen molar-refractivity contribution in [2.45, 2.75) is 6.18 Å². The van der Waals surface area contributed by atoms with E-state index in [1.165, 1.54) is 31.0 Å². The Morgan fingerprint density at radius 3 is 2.35 bits per heavy atom. The van der Waals surface area contributed by atoms with E-state index in [-0.39, 0.29) is 24.3 Å². The van der Waals surface area contributed by atoms with Crippen LogP contribution in [0.4, 0.5) is 18.9 Å². The van der Waals surface area contributed by atoms with Gasteiger partial charge in [-0.3, -0.25) is 4.79 Å². The summed E-state index contributed by atoms with van der Waals surface area (Å²) in [6.07, 6.45) is -4.46. The van der Waals surface area contributed by atoms with Gasteiger partial charge in [-0.25, -0.2) is 4.68 Å². The number of hydrogen-bond acceptors (Lipinski definition) is 6. The number of anilines is 1. The van der Waals surface area contributed by atoms with Crippen LogP contribution in [0.2, 0.25) is 0 Å². The predicted octanol–water partition coefficient (Wildman–Crippen LogP) is 5.24. The zero-order valence-electron chi connectivity index (χ0n) is 20.0. The fourth-order valence-electron chi connectivity index (χ4n) is 3.41. The highest BCUT2D eigenvalue weighted by atomic mass is 19.4. The monoisotopic (exact) mass is 512 g/mol. The highest BCUT2D eigenvalue weighted by molar-refractivity contribution is 6.04. The molecule has 0 unspecified atom stereocenters. The van der Waals surface area contributed by atoms with Gasteiger partial charge in [0.15, 0.2) is 5.82 Å². The summed E-state index contributed by atoms with van der Waals surface area (Å²) in [5.41, 5.74) is 1.05. The van der Waals surface area contributed by atoms with E-state index in [9.17, 15) is 18.0 Å². The van der Waals surface area contributed by atoms with Crippen molar-refractivity contribution in [3.8, 4) is 28.8 Å². The average molecular weight is 512 g/mol. The van der Waals surface area contributed by atoms with E-state index in [4.69, 9.17) is 14.2 Å². The molecule has 192 valence electrons. The Morgan fingerprint density at radius 1 is 0.973 bits per heavy atom. The predicted molar refractivity (Wildman–Crippen MR) is 130 cm³/mol. The molecule has 0 fully saturated rings. The van der Waals surface area contributed by atoms with E-state index in [1.54, 1.807) is 48.5 Å². The Balaban J connectivity index is 1.65. The molecule has 0 radical (unpaired) electrons. The van der Waals surface area contributed by atoms with Crippen molar-refractivity contribution < 1.29 is 32.2 Å². The number of aromatic nitrogens is 3. The van der Waals surface area contributed by atoms with E-state index < -0.39 is 11.7 Å². The summed E-state index contributed by atoms with van der Waals surface area (Å²) < 4.78 is 56.2.